The van der Waals surface area contributed by atoms with E-state index in [2.05, 4.69) is 10.9 Å². The van der Waals surface area contributed by atoms with Gasteiger partial charge in [-0.15, -0.1) is 0 Å². The van der Waals surface area contributed by atoms with Crippen molar-refractivity contribution in [3.05, 3.63) is 69.3 Å². The number of benzene rings is 2. The summed E-state index contributed by atoms with van der Waals surface area (Å²) < 4.78 is 5.23. The van der Waals surface area contributed by atoms with Crippen LogP contribution in [-0.4, -0.2) is 23.3 Å². The molecule has 0 aromatic heterocycles. The number of nitrogens with zero attached hydrogens (tertiary/aromatic N) is 2. The van der Waals surface area contributed by atoms with Crippen LogP contribution in [0.1, 0.15) is 21.5 Å². The van der Waals surface area contributed by atoms with E-state index in [0.717, 1.165) is 0 Å². The summed E-state index contributed by atoms with van der Waals surface area (Å²) in [5.41, 5.74) is 5.01. The average molecular weight is 354 g/mol. The number of para-hydroxylation sites is 1. The third-order valence-electron chi connectivity index (χ3n) is 3.34. The van der Waals surface area contributed by atoms with Gasteiger partial charge in [0.15, 0.2) is 6.61 Å². The van der Waals surface area contributed by atoms with E-state index in [1.54, 1.807) is 24.3 Å². The Morgan fingerprint density at radius 1 is 1.23 bits per heavy atom. The van der Waals surface area contributed by atoms with Crippen molar-refractivity contribution in [2.45, 2.75) is 6.92 Å². The number of nitriles is 1. The Morgan fingerprint density at radius 2 is 1.96 bits per heavy atom. The number of hydrazine groups is 1. The van der Waals surface area contributed by atoms with Gasteiger partial charge in [-0.2, -0.15) is 5.26 Å². The quantitative estimate of drug-likeness (QED) is 0.619. The van der Waals surface area contributed by atoms with Crippen LogP contribution >= 0.6 is 0 Å². The maximum absolute atomic E-state index is 12.0. The minimum atomic E-state index is -0.635. The smallest absolute Gasteiger partial charge is 0.276 e. The van der Waals surface area contributed by atoms with Crippen LogP contribution in [-0.2, 0) is 4.79 Å². The van der Waals surface area contributed by atoms with Crippen molar-refractivity contribution in [3.63, 3.8) is 0 Å². The van der Waals surface area contributed by atoms with Crippen LogP contribution in [0.5, 0.6) is 5.75 Å². The van der Waals surface area contributed by atoms with Gasteiger partial charge in [-0.3, -0.25) is 30.6 Å². The number of ether oxygens (including phenoxy) is 1. The number of nitro benzene ring substituents is 1. The molecule has 2 aromatic rings. The monoisotopic (exact) mass is 354 g/mol. The third kappa shape index (κ3) is 4.55. The maximum atomic E-state index is 12.0. The van der Waals surface area contributed by atoms with Gasteiger partial charge in [-0.05, 0) is 31.2 Å². The fourth-order valence-corrected chi connectivity index (χ4v) is 2.06. The fourth-order valence-electron chi connectivity index (χ4n) is 2.06. The number of nitro groups is 1. The van der Waals surface area contributed by atoms with Gasteiger partial charge in [-0.1, -0.05) is 12.1 Å². The van der Waals surface area contributed by atoms with E-state index in [1.165, 1.54) is 25.1 Å². The minimum Gasteiger partial charge on any atom is -0.482 e. The van der Waals surface area contributed by atoms with Crippen molar-refractivity contribution in [3.8, 4) is 11.8 Å². The van der Waals surface area contributed by atoms with Crippen LogP contribution in [0.4, 0.5) is 5.69 Å². The summed E-state index contributed by atoms with van der Waals surface area (Å²) in [6, 6.07) is 12.2. The highest BCUT2D eigenvalue weighted by Gasteiger charge is 2.14. The highest BCUT2D eigenvalue weighted by Crippen LogP contribution is 2.18. The molecule has 2 amide bonds. The topological polar surface area (TPSA) is 134 Å². The van der Waals surface area contributed by atoms with Crippen molar-refractivity contribution in [2.75, 3.05) is 6.61 Å². The molecule has 0 aliphatic rings. The fraction of sp³-hybridized carbons (Fsp3) is 0.118. The maximum Gasteiger partial charge on any atom is 0.276 e. The predicted molar refractivity (Wildman–Crippen MR) is 90.1 cm³/mol. The van der Waals surface area contributed by atoms with E-state index in [-0.39, 0.29) is 22.6 Å². The van der Waals surface area contributed by atoms with Gasteiger partial charge < -0.3 is 4.74 Å². The molecule has 0 saturated heterocycles. The molecule has 9 heteroatoms. The van der Waals surface area contributed by atoms with Crippen LogP contribution in [0.25, 0.3) is 0 Å². The first kappa shape index (κ1) is 18.4. The number of aryl methyl sites for hydroxylation is 1. The van der Waals surface area contributed by atoms with Crippen LogP contribution in [0.15, 0.2) is 42.5 Å². The Bertz CT molecular complexity index is 904. The van der Waals surface area contributed by atoms with Crippen molar-refractivity contribution < 1.29 is 19.2 Å². The molecule has 2 aromatic carbocycles. The number of nitrogens with one attached hydrogen (secondary N) is 2. The van der Waals surface area contributed by atoms with E-state index in [1.807, 2.05) is 6.07 Å². The van der Waals surface area contributed by atoms with E-state index < -0.39 is 23.3 Å². The van der Waals surface area contributed by atoms with Crippen LogP contribution < -0.4 is 15.6 Å². The summed E-state index contributed by atoms with van der Waals surface area (Å²) in [5, 5.41) is 19.7. The number of carbonyl (C=O) groups is 2. The number of rotatable bonds is 5. The number of hydrogen-bond acceptors (Lipinski definition) is 6. The lowest BCUT2D eigenvalue weighted by molar-refractivity contribution is -0.385. The van der Waals surface area contributed by atoms with Crippen molar-refractivity contribution in [1.29, 1.82) is 5.26 Å². The minimum absolute atomic E-state index is 0.102. The molecule has 9 nitrogen and oxygen atoms in total. The summed E-state index contributed by atoms with van der Waals surface area (Å²) in [5.74, 6) is -1.01. The molecule has 0 radical (unpaired) electrons. The van der Waals surface area contributed by atoms with Crippen LogP contribution in [0, 0.1) is 28.4 Å². The zero-order valence-electron chi connectivity index (χ0n) is 13.7. The van der Waals surface area contributed by atoms with Crippen LogP contribution in [0.3, 0.4) is 0 Å². The molecule has 0 spiro atoms. The molecule has 2 N–H and O–H groups in total. The van der Waals surface area contributed by atoms with E-state index in [4.69, 9.17) is 10.00 Å². The largest absolute Gasteiger partial charge is 0.482 e. The average Bonchev–Trinajstić information content (AvgIpc) is 2.64. The molecule has 0 atom stereocenters. The Labute approximate surface area is 148 Å². The lowest BCUT2D eigenvalue weighted by atomic mass is 10.1. The summed E-state index contributed by atoms with van der Waals surface area (Å²) in [7, 11) is 0. The molecule has 0 saturated carbocycles. The van der Waals surface area contributed by atoms with E-state index in [9.17, 15) is 19.7 Å². The molecule has 2 rings (SSSR count). The Morgan fingerprint density at radius 3 is 2.62 bits per heavy atom. The zero-order valence-corrected chi connectivity index (χ0v) is 13.7. The van der Waals surface area contributed by atoms with Crippen molar-refractivity contribution in [2.24, 2.45) is 0 Å². The van der Waals surface area contributed by atoms with E-state index in [0.29, 0.717) is 5.56 Å². The summed E-state index contributed by atoms with van der Waals surface area (Å²) in [6.07, 6.45) is 0. The molecule has 0 unspecified atom stereocenters. The van der Waals surface area contributed by atoms with Gasteiger partial charge in [-0.25, -0.2) is 0 Å². The van der Waals surface area contributed by atoms with Gasteiger partial charge in [0, 0.05) is 17.2 Å². The molecule has 0 aliphatic heterocycles. The van der Waals surface area contributed by atoms with Crippen molar-refractivity contribution >= 4 is 17.5 Å². The number of amides is 2. The second-order valence-corrected chi connectivity index (χ2v) is 5.16. The Balaban J connectivity index is 1.89. The third-order valence-corrected chi connectivity index (χ3v) is 3.34. The van der Waals surface area contributed by atoms with Gasteiger partial charge >= 0.3 is 0 Å². The number of hydrogen-bond donors (Lipinski definition) is 2. The predicted octanol–water partition coefficient (Wildman–Crippen LogP) is 1.61. The van der Waals surface area contributed by atoms with Crippen molar-refractivity contribution in [1.82, 2.24) is 10.9 Å². The van der Waals surface area contributed by atoms with Gasteiger partial charge in [0.05, 0.1) is 10.5 Å². The van der Waals surface area contributed by atoms with Crippen LogP contribution in [0.2, 0.25) is 0 Å². The summed E-state index contributed by atoms with van der Waals surface area (Å²) >= 11 is 0. The highest BCUT2D eigenvalue weighted by molar-refractivity contribution is 5.95. The first-order valence-electron chi connectivity index (χ1n) is 7.38. The highest BCUT2D eigenvalue weighted by atomic mass is 16.6. The Kier molecular flexibility index (Phi) is 5.84. The number of carbonyl (C=O) groups excluding carboxylic acids is 2. The molecule has 0 aliphatic carbocycles. The molecule has 0 heterocycles. The lowest BCUT2D eigenvalue weighted by Crippen LogP contribution is -2.43. The SMILES string of the molecule is Cc1cc(C(=O)NNC(=O)COc2ccccc2C#N)ccc1[N+](=O)[O-]. The zero-order chi connectivity index (χ0) is 19.1. The molecule has 0 bridgehead atoms. The Hall–Kier alpha value is -3.93. The molecule has 0 fully saturated rings. The molecule has 132 valence electrons. The summed E-state index contributed by atoms with van der Waals surface area (Å²) in [4.78, 5) is 33.9. The normalized spacial score (nSPS) is 9.69. The van der Waals surface area contributed by atoms with Gasteiger partial charge in [0.1, 0.15) is 11.8 Å². The van der Waals surface area contributed by atoms with Gasteiger partial charge in [0.25, 0.3) is 17.5 Å². The molecular weight excluding hydrogens is 340 g/mol. The molecule has 26 heavy (non-hydrogen) atoms. The lowest BCUT2D eigenvalue weighted by Gasteiger charge is -2.10. The first-order chi connectivity index (χ1) is 12.4. The second kappa shape index (κ2) is 8.25. The van der Waals surface area contributed by atoms with E-state index >= 15 is 0 Å². The molecular formula is C17H14N4O5. The first-order valence-corrected chi connectivity index (χ1v) is 7.38. The van der Waals surface area contributed by atoms with Gasteiger partial charge in [0.2, 0.25) is 0 Å². The second-order valence-electron chi connectivity index (χ2n) is 5.16. The standard InChI is InChI=1S/C17H14N4O5/c1-11-8-12(6-7-14(11)21(24)25)17(23)20-19-16(22)10-26-15-5-3-2-4-13(15)9-18/h2-8H,10H2,1H3,(H,19,22)(H,20,23). The summed E-state index contributed by atoms with van der Waals surface area (Å²) in [6.45, 7) is 1.10.